The van der Waals surface area contributed by atoms with Crippen LogP contribution < -0.4 is 10.4 Å². The number of benzene rings is 3. The molecule has 1 heterocycles. The average Bonchev–Trinajstić information content (AvgIpc) is 2.95. The van der Waals surface area contributed by atoms with Crippen LogP contribution in [0.1, 0.15) is 27.0 Å². The summed E-state index contributed by atoms with van der Waals surface area (Å²) < 4.78 is 0. The zero-order valence-corrected chi connectivity index (χ0v) is 20.0. The van der Waals surface area contributed by atoms with Crippen LogP contribution in [0.15, 0.2) is 97.6 Å². The topological polar surface area (TPSA) is 72.9 Å². The molecule has 2 N–H and O–H groups in total. The van der Waals surface area contributed by atoms with Crippen molar-refractivity contribution in [1.82, 2.24) is 10.4 Å². The molecular formula is C30H29N3O3. The third-order valence-electron chi connectivity index (χ3n) is 6.14. The number of hydrogen-bond donors (Lipinski definition) is 2. The van der Waals surface area contributed by atoms with Gasteiger partial charge >= 0.3 is 0 Å². The molecule has 0 spiro atoms. The SMILES string of the molecule is C=C(/C=C/c1ccc(/C=C/C(=O)NO)cc1)c1ccc(N2CCN(C(=O)c3ccccc3)CC2)cc1. The third-order valence-corrected chi connectivity index (χ3v) is 6.14. The fourth-order valence-electron chi connectivity index (χ4n) is 4.04. The summed E-state index contributed by atoms with van der Waals surface area (Å²) >= 11 is 0. The van der Waals surface area contributed by atoms with Gasteiger partial charge in [0, 0.05) is 43.5 Å². The number of piperazine rings is 1. The summed E-state index contributed by atoms with van der Waals surface area (Å²) in [6, 6.07) is 25.5. The Bertz CT molecular complexity index is 1260. The van der Waals surface area contributed by atoms with Crippen molar-refractivity contribution in [2.24, 2.45) is 0 Å². The molecular weight excluding hydrogens is 450 g/mol. The maximum Gasteiger partial charge on any atom is 0.267 e. The molecule has 6 nitrogen and oxygen atoms in total. The minimum absolute atomic E-state index is 0.0916. The number of carbonyl (C=O) groups excluding carboxylic acids is 2. The number of carbonyl (C=O) groups is 2. The van der Waals surface area contributed by atoms with Gasteiger partial charge in [-0.2, -0.15) is 0 Å². The summed E-state index contributed by atoms with van der Waals surface area (Å²) in [5.41, 5.74) is 7.26. The highest BCUT2D eigenvalue weighted by Gasteiger charge is 2.22. The molecule has 0 saturated carbocycles. The van der Waals surface area contributed by atoms with Crippen LogP contribution in [0.2, 0.25) is 0 Å². The smallest absolute Gasteiger partial charge is 0.267 e. The van der Waals surface area contributed by atoms with Gasteiger partial charge in [0.25, 0.3) is 11.8 Å². The molecule has 1 aliphatic heterocycles. The van der Waals surface area contributed by atoms with Crippen LogP contribution in [0, 0.1) is 0 Å². The van der Waals surface area contributed by atoms with Gasteiger partial charge in [-0.3, -0.25) is 14.8 Å². The monoisotopic (exact) mass is 479 g/mol. The van der Waals surface area contributed by atoms with Crippen molar-refractivity contribution in [2.75, 3.05) is 31.1 Å². The van der Waals surface area contributed by atoms with E-state index in [2.05, 4.69) is 35.7 Å². The first-order chi connectivity index (χ1) is 17.5. The van der Waals surface area contributed by atoms with Crippen LogP contribution in [0.4, 0.5) is 5.69 Å². The lowest BCUT2D eigenvalue weighted by atomic mass is 10.0. The molecule has 6 heteroatoms. The highest BCUT2D eigenvalue weighted by molar-refractivity contribution is 5.94. The Kier molecular flexibility index (Phi) is 8.11. The predicted molar refractivity (Wildman–Crippen MR) is 144 cm³/mol. The zero-order valence-electron chi connectivity index (χ0n) is 20.0. The van der Waals surface area contributed by atoms with Crippen molar-refractivity contribution in [3.8, 4) is 0 Å². The summed E-state index contributed by atoms with van der Waals surface area (Å²) in [5, 5.41) is 8.53. The van der Waals surface area contributed by atoms with E-state index in [1.54, 1.807) is 11.6 Å². The Hall–Kier alpha value is -4.42. The molecule has 1 aliphatic rings. The summed E-state index contributed by atoms with van der Waals surface area (Å²) in [7, 11) is 0. The maximum atomic E-state index is 12.7. The molecule has 1 saturated heterocycles. The van der Waals surface area contributed by atoms with E-state index in [0.29, 0.717) is 13.1 Å². The lowest BCUT2D eigenvalue weighted by Gasteiger charge is -2.36. The van der Waals surface area contributed by atoms with E-state index in [0.717, 1.165) is 46.6 Å². The Labute approximate surface area is 211 Å². The molecule has 0 atom stereocenters. The number of amides is 2. The number of hydrogen-bond acceptors (Lipinski definition) is 4. The molecule has 2 amide bonds. The van der Waals surface area contributed by atoms with Crippen LogP contribution >= 0.6 is 0 Å². The summed E-state index contributed by atoms with van der Waals surface area (Å²) in [6.07, 6.45) is 6.86. The Morgan fingerprint density at radius 1 is 0.750 bits per heavy atom. The van der Waals surface area contributed by atoms with Gasteiger partial charge in [-0.05, 0) is 52.6 Å². The Balaban J connectivity index is 1.30. The van der Waals surface area contributed by atoms with E-state index in [1.807, 2.05) is 71.6 Å². The molecule has 0 radical (unpaired) electrons. The van der Waals surface area contributed by atoms with Gasteiger partial charge in [0.2, 0.25) is 0 Å². The Morgan fingerprint density at radius 2 is 1.33 bits per heavy atom. The average molecular weight is 480 g/mol. The van der Waals surface area contributed by atoms with Gasteiger partial charge in [-0.25, -0.2) is 5.48 Å². The summed E-state index contributed by atoms with van der Waals surface area (Å²) in [4.78, 5) is 28.0. The number of hydroxylamine groups is 1. The lowest BCUT2D eigenvalue weighted by Crippen LogP contribution is -2.48. The Morgan fingerprint density at radius 3 is 1.92 bits per heavy atom. The van der Waals surface area contributed by atoms with Crippen molar-refractivity contribution in [3.05, 3.63) is 120 Å². The minimum Gasteiger partial charge on any atom is -0.368 e. The fourth-order valence-corrected chi connectivity index (χ4v) is 4.04. The van der Waals surface area contributed by atoms with E-state index < -0.39 is 5.91 Å². The van der Waals surface area contributed by atoms with Crippen LogP contribution in [-0.4, -0.2) is 48.1 Å². The molecule has 1 fully saturated rings. The molecule has 0 aliphatic carbocycles. The van der Waals surface area contributed by atoms with Crippen molar-refractivity contribution < 1.29 is 14.8 Å². The second-order valence-electron chi connectivity index (χ2n) is 8.53. The normalized spacial score (nSPS) is 13.8. The minimum atomic E-state index is -0.568. The van der Waals surface area contributed by atoms with E-state index in [1.165, 1.54) is 6.08 Å². The van der Waals surface area contributed by atoms with Gasteiger partial charge in [0.15, 0.2) is 0 Å². The molecule has 0 unspecified atom stereocenters. The first kappa shape index (κ1) is 24.7. The second kappa shape index (κ2) is 11.8. The second-order valence-corrected chi connectivity index (χ2v) is 8.53. The molecule has 4 rings (SSSR count). The number of nitrogens with one attached hydrogen (secondary N) is 1. The van der Waals surface area contributed by atoms with Crippen LogP contribution in [-0.2, 0) is 4.79 Å². The first-order valence-electron chi connectivity index (χ1n) is 11.8. The van der Waals surface area contributed by atoms with Crippen molar-refractivity contribution in [1.29, 1.82) is 0 Å². The molecule has 182 valence electrons. The van der Waals surface area contributed by atoms with Gasteiger partial charge in [0.1, 0.15) is 0 Å². The number of allylic oxidation sites excluding steroid dienone is 2. The third kappa shape index (κ3) is 6.37. The molecule has 3 aromatic rings. The van der Waals surface area contributed by atoms with Crippen LogP contribution in [0.3, 0.4) is 0 Å². The van der Waals surface area contributed by atoms with Crippen molar-refractivity contribution >= 4 is 35.2 Å². The predicted octanol–water partition coefficient (Wildman–Crippen LogP) is 4.89. The number of nitrogens with zero attached hydrogens (tertiary/aromatic N) is 2. The van der Waals surface area contributed by atoms with E-state index in [9.17, 15) is 9.59 Å². The van der Waals surface area contributed by atoms with Gasteiger partial charge in [-0.15, -0.1) is 0 Å². The van der Waals surface area contributed by atoms with E-state index in [-0.39, 0.29) is 5.91 Å². The zero-order chi connectivity index (χ0) is 25.3. The van der Waals surface area contributed by atoms with Gasteiger partial charge in [-0.1, -0.05) is 73.3 Å². The number of anilines is 1. The van der Waals surface area contributed by atoms with Gasteiger partial charge < -0.3 is 9.80 Å². The van der Waals surface area contributed by atoms with E-state index in [4.69, 9.17) is 5.21 Å². The summed E-state index contributed by atoms with van der Waals surface area (Å²) in [6.45, 7) is 7.20. The first-order valence-corrected chi connectivity index (χ1v) is 11.8. The fraction of sp³-hybridized carbons (Fsp3) is 0.133. The molecule has 0 bridgehead atoms. The highest BCUT2D eigenvalue weighted by atomic mass is 16.5. The van der Waals surface area contributed by atoms with Crippen LogP contribution in [0.5, 0.6) is 0 Å². The standard InChI is InChI=1S/C30H29N3O3/c1-23(7-8-24-9-11-25(12-10-24)13-18-29(34)31-36)26-14-16-28(17-15-26)32-19-21-33(22-20-32)30(35)27-5-3-2-4-6-27/h2-18,36H,1,19-22H2,(H,31,34)/b8-7+,18-13+. The molecule has 3 aromatic carbocycles. The molecule has 0 aromatic heterocycles. The summed E-state index contributed by atoms with van der Waals surface area (Å²) in [5.74, 6) is -0.476. The van der Waals surface area contributed by atoms with Gasteiger partial charge in [0.05, 0.1) is 0 Å². The van der Waals surface area contributed by atoms with Crippen molar-refractivity contribution in [3.63, 3.8) is 0 Å². The van der Waals surface area contributed by atoms with Crippen molar-refractivity contribution in [2.45, 2.75) is 0 Å². The quantitative estimate of drug-likeness (QED) is 0.219. The van der Waals surface area contributed by atoms with E-state index >= 15 is 0 Å². The van der Waals surface area contributed by atoms with Crippen LogP contribution in [0.25, 0.3) is 17.7 Å². The number of rotatable bonds is 7. The highest BCUT2D eigenvalue weighted by Crippen LogP contribution is 2.22. The maximum absolute atomic E-state index is 12.7. The molecule has 36 heavy (non-hydrogen) atoms. The lowest BCUT2D eigenvalue weighted by molar-refractivity contribution is -0.124. The largest absolute Gasteiger partial charge is 0.368 e.